The zero-order chi connectivity index (χ0) is 50.0. The van der Waals surface area contributed by atoms with E-state index in [1.54, 1.807) is 18.7 Å². The molecule has 2 aromatic heterocycles. The summed E-state index contributed by atoms with van der Waals surface area (Å²) in [4.78, 5) is 91.9. The van der Waals surface area contributed by atoms with Crippen LogP contribution < -0.4 is 43.8 Å². The van der Waals surface area contributed by atoms with Gasteiger partial charge in [0.2, 0.25) is 35.4 Å². The second-order valence-corrected chi connectivity index (χ2v) is 19.1. The Morgan fingerprint density at radius 1 is 0.686 bits per heavy atom. The van der Waals surface area contributed by atoms with Crippen LogP contribution in [0.1, 0.15) is 94.0 Å². The van der Waals surface area contributed by atoms with Crippen molar-refractivity contribution in [2.45, 2.75) is 134 Å². The van der Waals surface area contributed by atoms with Crippen LogP contribution in [0.2, 0.25) is 0 Å². The first-order chi connectivity index (χ1) is 33.8. The van der Waals surface area contributed by atoms with Crippen molar-refractivity contribution < 1.29 is 28.8 Å². The molecule has 70 heavy (non-hydrogen) atoms. The molecule has 12 N–H and O–H groups in total. The molecule has 5 aromatic rings. The maximum absolute atomic E-state index is 14.7. The Balaban J connectivity index is 1.21. The standard InChI is InChI=1S/C53H71N11O6/c1-34(2)25-44(50(67)62-45(26-35-15-6-3-7-16-35)51(68)59-43(48(56)65)29-39-32-64(33-58-39)31-37-19-10-5-11-20-37)61-52(69)46(27-36-17-8-4-9-18-36)63-53(70)47(60-49(66)41(55)22-14-24-54)28-38-30-57-42-23-13-12-21-40(38)42/h3,5-7,10-13,15-16,19-21,23,30,32-34,36,41,43-47,57H,4,8-9,14,17-18,22,24-29,31,54-55H2,1-2H3,(H2,56,65)(H,59,68)(H,60,66)(H,61,69)(H,62,67)(H,63,70)/t41-,43-,44-,45+,46-,47+/m0/s1. The number of para-hydroxylation sites is 1. The van der Waals surface area contributed by atoms with Gasteiger partial charge >= 0.3 is 0 Å². The highest BCUT2D eigenvalue weighted by Gasteiger charge is 2.35. The number of H-pyrrole nitrogens is 1. The van der Waals surface area contributed by atoms with Crippen LogP contribution in [0.15, 0.2) is 104 Å². The molecule has 1 aliphatic carbocycles. The van der Waals surface area contributed by atoms with E-state index in [4.69, 9.17) is 17.2 Å². The van der Waals surface area contributed by atoms with E-state index in [0.717, 1.165) is 59.7 Å². The van der Waals surface area contributed by atoms with Gasteiger partial charge in [-0.05, 0) is 66.8 Å². The van der Waals surface area contributed by atoms with E-state index in [9.17, 15) is 28.8 Å². The second-order valence-electron chi connectivity index (χ2n) is 19.1. The molecule has 17 heteroatoms. The molecule has 0 aliphatic heterocycles. The van der Waals surface area contributed by atoms with Crippen molar-refractivity contribution >= 4 is 46.3 Å². The van der Waals surface area contributed by atoms with Gasteiger partial charge in [0, 0.05) is 49.1 Å². The van der Waals surface area contributed by atoms with Gasteiger partial charge in [-0.1, -0.05) is 125 Å². The van der Waals surface area contributed by atoms with Gasteiger partial charge in [0.15, 0.2) is 0 Å². The zero-order valence-corrected chi connectivity index (χ0v) is 40.4. The fourth-order valence-corrected chi connectivity index (χ4v) is 9.14. The summed E-state index contributed by atoms with van der Waals surface area (Å²) in [5.41, 5.74) is 21.8. The molecule has 1 fully saturated rings. The van der Waals surface area contributed by atoms with Crippen LogP contribution in [0.4, 0.5) is 0 Å². The molecule has 6 rings (SSSR count). The fourth-order valence-electron chi connectivity index (χ4n) is 9.14. The summed E-state index contributed by atoms with van der Waals surface area (Å²) >= 11 is 0. The number of fused-ring (bicyclic) bond motifs is 1. The quantitative estimate of drug-likeness (QED) is 0.0392. The van der Waals surface area contributed by atoms with E-state index >= 15 is 0 Å². The van der Waals surface area contributed by atoms with E-state index in [-0.39, 0.29) is 37.5 Å². The van der Waals surface area contributed by atoms with Gasteiger partial charge in [-0.2, -0.15) is 0 Å². The molecule has 17 nitrogen and oxygen atoms in total. The summed E-state index contributed by atoms with van der Waals surface area (Å²) in [5, 5.41) is 15.3. The summed E-state index contributed by atoms with van der Waals surface area (Å²) < 4.78 is 1.88. The van der Waals surface area contributed by atoms with Gasteiger partial charge in [0.05, 0.1) is 18.1 Å². The molecule has 1 aliphatic rings. The number of nitrogens with two attached hydrogens (primary N) is 3. The Morgan fingerprint density at radius 3 is 1.93 bits per heavy atom. The molecule has 2 heterocycles. The minimum Gasteiger partial charge on any atom is -0.368 e. The number of carbonyl (C=O) groups excluding carboxylic acids is 6. The molecule has 1 saturated carbocycles. The lowest BCUT2D eigenvalue weighted by Gasteiger charge is -2.30. The third kappa shape index (κ3) is 15.8. The Kier molecular flexibility index (Phi) is 19.7. The lowest BCUT2D eigenvalue weighted by Crippen LogP contribution is -2.60. The number of nitrogens with one attached hydrogen (secondary N) is 6. The second kappa shape index (κ2) is 26.2. The largest absolute Gasteiger partial charge is 0.368 e. The minimum atomic E-state index is -1.18. The Morgan fingerprint density at radius 2 is 1.26 bits per heavy atom. The van der Waals surface area contributed by atoms with Crippen molar-refractivity contribution in [3.63, 3.8) is 0 Å². The van der Waals surface area contributed by atoms with E-state index in [2.05, 4.69) is 36.6 Å². The SMILES string of the molecule is CC(C)C[C@H](NC(=O)[C@H](CC1CCCCC1)NC(=O)[C@@H](Cc1c[nH]c2ccccc12)NC(=O)[C@@H](N)CCCN)C(=O)N[C@H](Cc1ccccc1)C(=O)N[C@@H](Cc1cn(Cc2ccccc2)cn1)C(N)=O. The van der Waals surface area contributed by atoms with Crippen LogP contribution in [-0.2, 0) is 54.6 Å². The molecule has 0 saturated heterocycles. The Bertz CT molecular complexity index is 2490. The third-order valence-electron chi connectivity index (χ3n) is 12.9. The fraction of sp³-hybridized carbons (Fsp3) is 0.453. The summed E-state index contributed by atoms with van der Waals surface area (Å²) in [6.45, 7) is 4.74. The molecule has 6 amide bonds. The van der Waals surface area contributed by atoms with E-state index < -0.39 is 71.7 Å². The minimum absolute atomic E-state index is 0.0163. The number of hydrogen-bond donors (Lipinski definition) is 9. The van der Waals surface area contributed by atoms with Crippen LogP contribution in [0.25, 0.3) is 10.9 Å². The number of amides is 6. The topological polar surface area (TPSA) is 274 Å². The van der Waals surface area contributed by atoms with E-state index in [1.807, 2.05) is 103 Å². The first kappa shape index (κ1) is 52.5. The third-order valence-corrected chi connectivity index (χ3v) is 12.9. The van der Waals surface area contributed by atoms with Crippen molar-refractivity contribution in [1.29, 1.82) is 0 Å². The smallest absolute Gasteiger partial charge is 0.243 e. The highest BCUT2D eigenvalue weighted by Crippen LogP contribution is 2.28. The molecule has 0 unspecified atom stereocenters. The molecular weight excluding hydrogens is 887 g/mol. The van der Waals surface area contributed by atoms with Crippen LogP contribution >= 0.6 is 0 Å². The monoisotopic (exact) mass is 958 g/mol. The number of aromatic amines is 1. The van der Waals surface area contributed by atoms with Crippen molar-refractivity contribution in [3.05, 3.63) is 126 Å². The van der Waals surface area contributed by atoms with Crippen molar-refractivity contribution in [1.82, 2.24) is 41.1 Å². The maximum Gasteiger partial charge on any atom is 0.243 e. The summed E-state index contributed by atoms with van der Waals surface area (Å²) in [5.74, 6) is -3.64. The average Bonchev–Trinajstić information content (AvgIpc) is 3.98. The molecular formula is C53H71N11O6. The number of carbonyl (C=O) groups is 6. The number of hydrogen-bond acceptors (Lipinski definition) is 9. The van der Waals surface area contributed by atoms with Crippen molar-refractivity contribution in [2.75, 3.05) is 6.54 Å². The normalized spacial score (nSPS) is 15.5. The summed E-state index contributed by atoms with van der Waals surface area (Å²) in [6, 6.07) is 20.1. The van der Waals surface area contributed by atoms with Crippen LogP contribution in [-0.4, -0.2) is 92.8 Å². The predicted molar refractivity (Wildman–Crippen MR) is 269 cm³/mol. The lowest BCUT2D eigenvalue weighted by atomic mass is 9.84. The zero-order valence-electron chi connectivity index (χ0n) is 40.4. The predicted octanol–water partition coefficient (Wildman–Crippen LogP) is 3.43. The van der Waals surface area contributed by atoms with Crippen LogP contribution in [0.5, 0.6) is 0 Å². The average molecular weight is 958 g/mol. The van der Waals surface area contributed by atoms with Crippen molar-refractivity contribution in [3.8, 4) is 0 Å². The number of benzene rings is 3. The molecule has 6 atom stereocenters. The van der Waals surface area contributed by atoms with E-state index in [1.165, 1.54) is 0 Å². The van der Waals surface area contributed by atoms with Gasteiger partial charge in [-0.25, -0.2) is 4.98 Å². The van der Waals surface area contributed by atoms with Gasteiger partial charge in [0.1, 0.15) is 30.2 Å². The molecule has 0 radical (unpaired) electrons. The number of aromatic nitrogens is 3. The van der Waals surface area contributed by atoms with Gasteiger partial charge < -0.3 is 53.3 Å². The molecule has 374 valence electrons. The first-order valence-electron chi connectivity index (χ1n) is 24.7. The number of imidazole rings is 1. The van der Waals surface area contributed by atoms with Crippen LogP contribution in [0.3, 0.4) is 0 Å². The summed E-state index contributed by atoms with van der Waals surface area (Å²) in [7, 11) is 0. The number of nitrogens with zero attached hydrogens (tertiary/aromatic N) is 2. The lowest BCUT2D eigenvalue weighted by molar-refractivity contribution is -0.135. The van der Waals surface area contributed by atoms with Crippen LogP contribution in [0, 0.1) is 11.8 Å². The molecule has 3 aromatic carbocycles. The van der Waals surface area contributed by atoms with Gasteiger partial charge in [0.25, 0.3) is 0 Å². The summed E-state index contributed by atoms with van der Waals surface area (Å²) in [6.07, 6.45) is 11.6. The highest BCUT2D eigenvalue weighted by molar-refractivity contribution is 5.97. The first-order valence-corrected chi connectivity index (χ1v) is 24.7. The van der Waals surface area contributed by atoms with Gasteiger partial charge in [-0.15, -0.1) is 0 Å². The van der Waals surface area contributed by atoms with Crippen molar-refractivity contribution in [2.24, 2.45) is 29.0 Å². The maximum atomic E-state index is 14.7. The van der Waals surface area contributed by atoms with Gasteiger partial charge in [-0.3, -0.25) is 28.8 Å². The molecule has 0 spiro atoms. The Hall–Kier alpha value is -6.85. The highest BCUT2D eigenvalue weighted by atomic mass is 16.2. The molecule has 0 bridgehead atoms. The number of primary amides is 1. The number of rotatable bonds is 26. The Labute approximate surface area is 410 Å². The van der Waals surface area contributed by atoms with E-state index in [0.29, 0.717) is 38.0 Å².